The topological polar surface area (TPSA) is 94.6 Å². The molecule has 0 saturated carbocycles. The van der Waals surface area contributed by atoms with E-state index in [0.29, 0.717) is 22.1 Å². The molecule has 1 heterocycles. The molecule has 148 valence electrons. The van der Waals surface area contributed by atoms with E-state index in [9.17, 15) is 13.2 Å². The zero-order chi connectivity index (χ0) is 20.5. The van der Waals surface area contributed by atoms with E-state index in [1.807, 2.05) is 0 Å². The normalized spacial score (nSPS) is 11.6. The van der Waals surface area contributed by atoms with Gasteiger partial charge < -0.3 is 9.47 Å². The van der Waals surface area contributed by atoms with Gasteiger partial charge in [-0.25, -0.2) is 13.4 Å². The van der Waals surface area contributed by atoms with E-state index in [4.69, 9.17) is 9.47 Å². The summed E-state index contributed by atoms with van der Waals surface area (Å²) in [7, 11) is -0.374. The third-order valence-corrected chi connectivity index (χ3v) is 7.31. The van der Waals surface area contributed by atoms with Gasteiger partial charge in [0, 0.05) is 5.56 Å². The molecular weight excluding hydrogens is 400 g/mol. The smallest absolute Gasteiger partial charge is 0.257 e. The predicted molar refractivity (Wildman–Crippen MR) is 109 cm³/mol. The van der Waals surface area contributed by atoms with Gasteiger partial charge in [-0.1, -0.05) is 17.4 Å². The lowest BCUT2D eigenvalue weighted by molar-refractivity contribution is 0.102. The Bertz CT molecular complexity index is 1100. The maximum absolute atomic E-state index is 12.6. The summed E-state index contributed by atoms with van der Waals surface area (Å²) >= 11 is 1.25. The summed E-state index contributed by atoms with van der Waals surface area (Å²) in [5.74, 6) is 0.745. The van der Waals surface area contributed by atoms with Crippen LogP contribution in [0.15, 0.2) is 41.3 Å². The van der Waals surface area contributed by atoms with E-state index in [2.05, 4.69) is 10.3 Å². The summed E-state index contributed by atoms with van der Waals surface area (Å²) in [4.78, 5) is 17.2. The number of sulfone groups is 1. The Balaban J connectivity index is 1.94. The number of benzene rings is 2. The molecule has 0 atom stereocenters. The molecule has 0 aliphatic carbocycles. The number of thiazole rings is 1. The Morgan fingerprint density at radius 2 is 1.79 bits per heavy atom. The summed E-state index contributed by atoms with van der Waals surface area (Å²) in [5, 5.41) is 2.51. The quantitative estimate of drug-likeness (QED) is 0.653. The molecule has 7 nitrogen and oxygen atoms in total. The number of hydrogen-bond donors (Lipinski definition) is 1. The minimum atomic E-state index is -3.47. The first kappa shape index (κ1) is 20.1. The molecule has 2 aromatic carbocycles. The zero-order valence-electron chi connectivity index (χ0n) is 15.8. The number of carbonyl (C=O) groups excluding carboxylic acids is 1. The van der Waals surface area contributed by atoms with Gasteiger partial charge in [-0.05, 0) is 44.2 Å². The van der Waals surface area contributed by atoms with Crippen molar-refractivity contribution in [3.05, 3.63) is 42.0 Å². The van der Waals surface area contributed by atoms with Crippen molar-refractivity contribution in [2.45, 2.75) is 24.0 Å². The number of carbonyl (C=O) groups is 1. The van der Waals surface area contributed by atoms with Gasteiger partial charge in [0.15, 0.2) is 15.0 Å². The monoisotopic (exact) mass is 420 g/mol. The highest BCUT2D eigenvalue weighted by Crippen LogP contribution is 2.38. The summed E-state index contributed by atoms with van der Waals surface area (Å²) in [6.07, 6.45) is 0. The highest BCUT2D eigenvalue weighted by atomic mass is 32.2. The van der Waals surface area contributed by atoms with Crippen LogP contribution in [0.4, 0.5) is 5.13 Å². The Morgan fingerprint density at radius 1 is 1.11 bits per heavy atom. The van der Waals surface area contributed by atoms with Crippen LogP contribution in [0.1, 0.15) is 24.2 Å². The molecule has 0 spiro atoms. The second kappa shape index (κ2) is 7.76. The maximum atomic E-state index is 12.6. The number of aromatic nitrogens is 1. The van der Waals surface area contributed by atoms with E-state index < -0.39 is 21.0 Å². The van der Waals surface area contributed by atoms with Crippen LogP contribution in [0.3, 0.4) is 0 Å². The fraction of sp³-hybridized carbons (Fsp3) is 0.263. The van der Waals surface area contributed by atoms with Crippen LogP contribution in [-0.4, -0.2) is 38.8 Å². The van der Waals surface area contributed by atoms with Gasteiger partial charge in [0.05, 0.1) is 24.4 Å². The molecule has 28 heavy (non-hydrogen) atoms. The first-order chi connectivity index (χ1) is 13.3. The summed E-state index contributed by atoms with van der Waals surface area (Å²) in [5.41, 5.74) is 0.818. The van der Waals surface area contributed by atoms with Gasteiger partial charge >= 0.3 is 0 Å². The van der Waals surface area contributed by atoms with Crippen molar-refractivity contribution in [2.75, 3.05) is 19.5 Å². The number of nitrogens with one attached hydrogen (secondary N) is 1. The average molecular weight is 421 g/mol. The van der Waals surface area contributed by atoms with Crippen LogP contribution >= 0.6 is 11.3 Å². The van der Waals surface area contributed by atoms with Gasteiger partial charge in [-0.2, -0.15) is 0 Å². The highest BCUT2D eigenvalue weighted by Gasteiger charge is 2.21. The number of ether oxygens (including phenoxy) is 2. The largest absolute Gasteiger partial charge is 0.495 e. The number of methoxy groups -OCH3 is 2. The minimum absolute atomic E-state index is 0.114. The van der Waals surface area contributed by atoms with Crippen molar-refractivity contribution in [1.82, 2.24) is 4.98 Å². The van der Waals surface area contributed by atoms with Gasteiger partial charge in [0.25, 0.3) is 5.91 Å². The number of anilines is 1. The molecule has 1 amide bonds. The first-order valence-corrected chi connectivity index (χ1v) is 10.8. The van der Waals surface area contributed by atoms with Crippen molar-refractivity contribution < 1.29 is 22.7 Å². The van der Waals surface area contributed by atoms with E-state index in [1.165, 1.54) is 23.5 Å². The number of rotatable bonds is 6. The van der Waals surface area contributed by atoms with Crippen LogP contribution < -0.4 is 14.8 Å². The van der Waals surface area contributed by atoms with Crippen LogP contribution in [0.2, 0.25) is 0 Å². The van der Waals surface area contributed by atoms with Gasteiger partial charge in [0.2, 0.25) is 0 Å². The fourth-order valence-corrected chi connectivity index (χ4v) is 4.67. The molecule has 9 heteroatoms. The summed E-state index contributed by atoms with van der Waals surface area (Å²) in [6, 6.07) is 9.48. The summed E-state index contributed by atoms with van der Waals surface area (Å²) in [6.45, 7) is 3.20. The Labute approximate surface area is 167 Å². The maximum Gasteiger partial charge on any atom is 0.257 e. The molecule has 0 fully saturated rings. The first-order valence-electron chi connectivity index (χ1n) is 8.44. The molecule has 1 aromatic heterocycles. The lowest BCUT2D eigenvalue weighted by Crippen LogP contribution is -2.16. The number of amides is 1. The number of fused-ring (bicyclic) bond motifs is 1. The summed E-state index contributed by atoms with van der Waals surface area (Å²) < 4.78 is 36.1. The van der Waals surface area contributed by atoms with Crippen LogP contribution in [0.25, 0.3) is 10.2 Å². The lowest BCUT2D eigenvalue weighted by atomic mass is 10.2. The van der Waals surface area contributed by atoms with Gasteiger partial charge in [0.1, 0.15) is 21.7 Å². The molecule has 3 rings (SSSR count). The third-order valence-electron chi connectivity index (χ3n) is 4.18. The molecular formula is C19H20N2O5S2. The standard InChI is InChI=1S/C19H20N2O5S2/c1-11(2)28(23,24)13-7-5-6-12(10-13)18(22)21-19-20-16-14(25-3)8-9-15(26-4)17(16)27-19/h5-11H,1-4H3,(H,20,21,22). The van der Waals surface area contributed by atoms with Crippen LogP contribution in [0, 0.1) is 0 Å². The predicted octanol–water partition coefficient (Wildman–Crippen LogP) is 3.75. The van der Waals surface area contributed by atoms with Crippen molar-refractivity contribution in [2.24, 2.45) is 0 Å². The van der Waals surface area contributed by atoms with Gasteiger partial charge in [-0.15, -0.1) is 0 Å². The second-order valence-corrected chi connectivity index (χ2v) is 9.75. The zero-order valence-corrected chi connectivity index (χ0v) is 17.5. The number of nitrogens with zero attached hydrogens (tertiary/aromatic N) is 1. The van der Waals surface area contributed by atoms with E-state index in [0.717, 1.165) is 4.70 Å². The minimum Gasteiger partial charge on any atom is -0.495 e. The van der Waals surface area contributed by atoms with Crippen molar-refractivity contribution >= 4 is 42.4 Å². The Hall–Kier alpha value is -2.65. The van der Waals surface area contributed by atoms with Crippen molar-refractivity contribution in [3.63, 3.8) is 0 Å². The molecule has 0 unspecified atom stereocenters. The van der Waals surface area contributed by atoms with E-state index in [-0.39, 0.29) is 10.5 Å². The second-order valence-electron chi connectivity index (χ2n) is 6.24. The third kappa shape index (κ3) is 3.67. The van der Waals surface area contributed by atoms with E-state index >= 15 is 0 Å². The molecule has 0 aliphatic rings. The van der Waals surface area contributed by atoms with Gasteiger partial charge in [-0.3, -0.25) is 10.1 Å². The Kier molecular flexibility index (Phi) is 5.57. The fourth-order valence-electron chi connectivity index (χ4n) is 2.59. The van der Waals surface area contributed by atoms with Crippen LogP contribution in [-0.2, 0) is 9.84 Å². The van der Waals surface area contributed by atoms with Crippen LogP contribution in [0.5, 0.6) is 11.5 Å². The average Bonchev–Trinajstić information content (AvgIpc) is 3.10. The lowest BCUT2D eigenvalue weighted by Gasteiger charge is -2.09. The molecule has 1 N–H and O–H groups in total. The molecule has 0 radical (unpaired) electrons. The molecule has 0 aliphatic heterocycles. The molecule has 3 aromatic rings. The van der Waals surface area contributed by atoms with Crippen molar-refractivity contribution in [3.8, 4) is 11.5 Å². The van der Waals surface area contributed by atoms with E-state index in [1.54, 1.807) is 52.3 Å². The SMILES string of the molecule is COc1ccc(OC)c2sc(NC(=O)c3cccc(S(=O)(=O)C(C)C)c3)nc12. The Morgan fingerprint density at radius 3 is 2.43 bits per heavy atom. The highest BCUT2D eigenvalue weighted by molar-refractivity contribution is 7.92. The number of hydrogen-bond acceptors (Lipinski definition) is 7. The van der Waals surface area contributed by atoms with Crippen molar-refractivity contribution in [1.29, 1.82) is 0 Å². The molecule has 0 bridgehead atoms. The molecule has 0 saturated heterocycles.